The van der Waals surface area contributed by atoms with Crippen LogP contribution in [0.2, 0.25) is 0 Å². The van der Waals surface area contributed by atoms with E-state index in [0.29, 0.717) is 22.5 Å². The van der Waals surface area contributed by atoms with Gasteiger partial charge in [-0.3, -0.25) is 19.6 Å². The largest absolute Gasteiger partial charge is 0.494 e. The average molecular weight is 383 g/mol. The minimum Gasteiger partial charge on any atom is -0.494 e. The summed E-state index contributed by atoms with van der Waals surface area (Å²) in [5.41, 5.74) is 0.790. The molecule has 0 saturated heterocycles. The Labute approximate surface area is 140 Å². The SMILES string of the molecule is CCOc1ccc(NC(=O)c2c(Br)c(C)nn2C)c([N+](=O)[O-])c1. The van der Waals surface area contributed by atoms with Crippen LogP contribution in [0.1, 0.15) is 23.1 Å². The molecule has 1 aromatic heterocycles. The first-order valence-corrected chi connectivity index (χ1v) is 7.56. The lowest BCUT2D eigenvalue weighted by atomic mass is 10.2. The highest BCUT2D eigenvalue weighted by Gasteiger charge is 2.22. The summed E-state index contributed by atoms with van der Waals surface area (Å²) in [6.07, 6.45) is 0. The van der Waals surface area contributed by atoms with Crippen LogP contribution in [0, 0.1) is 17.0 Å². The zero-order chi connectivity index (χ0) is 17.1. The number of nitro groups is 1. The third-order valence-corrected chi connectivity index (χ3v) is 4.04. The first-order valence-electron chi connectivity index (χ1n) is 6.76. The molecular weight excluding hydrogens is 368 g/mol. The minimum atomic E-state index is -0.568. The monoisotopic (exact) mass is 382 g/mol. The maximum absolute atomic E-state index is 12.4. The fourth-order valence-electron chi connectivity index (χ4n) is 2.09. The van der Waals surface area contributed by atoms with Crippen LogP contribution in [0.4, 0.5) is 11.4 Å². The zero-order valence-electron chi connectivity index (χ0n) is 12.8. The van der Waals surface area contributed by atoms with Gasteiger partial charge in [0.2, 0.25) is 0 Å². The molecule has 0 bridgehead atoms. The van der Waals surface area contributed by atoms with E-state index in [2.05, 4.69) is 26.3 Å². The fourth-order valence-corrected chi connectivity index (χ4v) is 2.60. The van der Waals surface area contributed by atoms with Crippen molar-refractivity contribution in [3.63, 3.8) is 0 Å². The maximum Gasteiger partial charge on any atom is 0.296 e. The van der Waals surface area contributed by atoms with Gasteiger partial charge in [-0.25, -0.2) is 0 Å². The highest BCUT2D eigenvalue weighted by molar-refractivity contribution is 9.10. The van der Waals surface area contributed by atoms with Crippen molar-refractivity contribution in [2.75, 3.05) is 11.9 Å². The average Bonchev–Trinajstić information content (AvgIpc) is 2.73. The molecule has 0 aliphatic rings. The highest BCUT2D eigenvalue weighted by Crippen LogP contribution is 2.30. The molecule has 2 aromatic rings. The predicted octanol–water partition coefficient (Wildman–Crippen LogP) is 3.05. The van der Waals surface area contributed by atoms with Gasteiger partial charge in [-0.15, -0.1) is 0 Å². The zero-order valence-corrected chi connectivity index (χ0v) is 14.4. The number of halogens is 1. The second kappa shape index (κ2) is 6.78. The van der Waals surface area contributed by atoms with Crippen LogP contribution in [0.3, 0.4) is 0 Å². The molecule has 0 spiro atoms. The molecule has 0 atom stereocenters. The normalized spacial score (nSPS) is 10.4. The molecule has 0 unspecified atom stereocenters. The van der Waals surface area contributed by atoms with Gasteiger partial charge in [-0.05, 0) is 41.9 Å². The highest BCUT2D eigenvalue weighted by atomic mass is 79.9. The summed E-state index contributed by atoms with van der Waals surface area (Å²) in [5, 5.41) is 17.9. The van der Waals surface area contributed by atoms with E-state index >= 15 is 0 Å². The lowest BCUT2D eigenvalue weighted by Crippen LogP contribution is -2.17. The molecule has 0 radical (unpaired) electrons. The van der Waals surface area contributed by atoms with Gasteiger partial charge in [0.05, 0.1) is 27.8 Å². The number of nitro benzene ring substituents is 1. The number of carbonyl (C=O) groups is 1. The number of amides is 1. The molecule has 9 heteroatoms. The van der Waals surface area contributed by atoms with Crippen LogP contribution >= 0.6 is 15.9 Å². The van der Waals surface area contributed by atoms with Crippen molar-refractivity contribution in [3.8, 4) is 5.75 Å². The molecule has 0 aliphatic heterocycles. The molecular formula is C14H15BrN4O4. The van der Waals surface area contributed by atoms with Gasteiger partial charge in [0.25, 0.3) is 11.6 Å². The third-order valence-electron chi connectivity index (χ3n) is 3.09. The van der Waals surface area contributed by atoms with Gasteiger partial charge in [0, 0.05) is 7.05 Å². The minimum absolute atomic E-state index is 0.0919. The van der Waals surface area contributed by atoms with E-state index in [4.69, 9.17) is 4.74 Å². The number of carbonyl (C=O) groups excluding carboxylic acids is 1. The van der Waals surface area contributed by atoms with E-state index in [1.165, 1.54) is 16.8 Å². The predicted molar refractivity (Wildman–Crippen MR) is 87.9 cm³/mol. The molecule has 1 N–H and O–H groups in total. The van der Waals surface area contributed by atoms with Crippen LogP contribution < -0.4 is 10.1 Å². The van der Waals surface area contributed by atoms with Crippen molar-refractivity contribution >= 4 is 33.2 Å². The van der Waals surface area contributed by atoms with Crippen molar-refractivity contribution in [1.82, 2.24) is 9.78 Å². The molecule has 1 heterocycles. The number of hydrogen-bond acceptors (Lipinski definition) is 5. The number of hydrogen-bond donors (Lipinski definition) is 1. The summed E-state index contributed by atoms with van der Waals surface area (Å²) < 4.78 is 7.20. The number of nitrogens with one attached hydrogen (secondary N) is 1. The Morgan fingerprint density at radius 1 is 1.52 bits per heavy atom. The third kappa shape index (κ3) is 3.50. The van der Waals surface area contributed by atoms with Gasteiger partial charge >= 0.3 is 0 Å². The molecule has 1 amide bonds. The van der Waals surface area contributed by atoms with Crippen molar-refractivity contribution < 1.29 is 14.5 Å². The Morgan fingerprint density at radius 2 is 2.22 bits per heavy atom. The molecule has 2 rings (SSSR count). The van der Waals surface area contributed by atoms with Crippen molar-refractivity contribution in [3.05, 3.63) is 44.2 Å². The molecule has 23 heavy (non-hydrogen) atoms. The van der Waals surface area contributed by atoms with Crippen molar-refractivity contribution in [2.24, 2.45) is 7.05 Å². The van der Waals surface area contributed by atoms with Crippen LogP contribution in [-0.2, 0) is 7.05 Å². The molecule has 8 nitrogen and oxygen atoms in total. The van der Waals surface area contributed by atoms with Gasteiger partial charge in [-0.2, -0.15) is 5.10 Å². The molecule has 1 aromatic carbocycles. The van der Waals surface area contributed by atoms with E-state index in [-0.39, 0.29) is 17.1 Å². The molecule has 0 fully saturated rings. The van der Waals surface area contributed by atoms with Crippen LogP contribution in [0.15, 0.2) is 22.7 Å². The van der Waals surface area contributed by atoms with E-state index < -0.39 is 10.8 Å². The first-order chi connectivity index (χ1) is 10.8. The molecule has 0 aliphatic carbocycles. The lowest BCUT2D eigenvalue weighted by Gasteiger charge is -2.09. The van der Waals surface area contributed by atoms with Gasteiger partial charge < -0.3 is 10.1 Å². The Kier molecular flexibility index (Phi) is 4.99. The summed E-state index contributed by atoms with van der Waals surface area (Å²) in [7, 11) is 1.62. The number of aryl methyl sites for hydroxylation is 2. The Morgan fingerprint density at radius 3 is 2.74 bits per heavy atom. The lowest BCUT2D eigenvalue weighted by molar-refractivity contribution is -0.384. The number of aromatic nitrogens is 2. The van der Waals surface area contributed by atoms with E-state index in [9.17, 15) is 14.9 Å². The van der Waals surface area contributed by atoms with Gasteiger partial charge in [-0.1, -0.05) is 0 Å². The summed E-state index contributed by atoms with van der Waals surface area (Å²) in [6, 6.07) is 4.29. The Balaban J connectivity index is 2.35. The van der Waals surface area contributed by atoms with Crippen LogP contribution in [0.5, 0.6) is 5.75 Å². The summed E-state index contributed by atoms with van der Waals surface area (Å²) >= 11 is 3.30. The van der Waals surface area contributed by atoms with Gasteiger partial charge in [0.1, 0.15) is 17.1 Å². The summed E-state index contributed by atoms with van der Waals surface area (Å²) in [4.78, 5) is 23.0. The second-order valence-corrected chi connectivity index (χ2v) is 5.49. The maximum atomic E-state index is 12.4. The van der Waals surface area contributed by atoms with Gasteiger partial charge in [0.15, 0.2) is 0 Å². The smallest absolute Gasteiger partial charge is 0.296 e. The quantitative estimate of drug-likeness (QED) is 0.632. The summed E-state index contributed by atoms with van der Waals surface area (Å²) in [6.45, 7) is 3.92. The van der Waals surface area contributed by atoms with E-state index in [0.717, 1.165) is 0 Å². The number of anilines is 1. The van der Waals surface area contributed by atoms with Crippen molar-refractivity contribution in [2.45, 2.75) is 13.8 Å². The van der Waals surface area contributed by atoms with Crippen molar-refractivity contribution in [1.29, 1.82) is 0 Å². The van der Waals surface area contributed by atoms with E-state index in [1.54, 1.807) is 27.0 Å². The van der Waals surface area contributed by atoms with E-state index in [1.807, 2.05) is 0 Å². The molecule has 0 saturated carbocycles. The topological polar surface area (TPSA) is 99.3 Å². The number of nitrogens with zero attached hydrogens (tertiary/aromatic N) is 3. The number of benzene rings is 1. The number of ether oxygens (including phenoxy) is 1. The Hall–Kier alpha value is -2.42. The Bertz CT molecular complexity index is 772. The second-order valence-electron chi connectivity index (χ2n) is 4.69. The first kappa shape index (κ1) is 16.9. The van der Waals surface area contributed by atoms with Crippen LogP contribution in [-0.4, -0.2) is 27.2 Å². The molecule has 122 valence electrons. The van der Waals surface area contributed by atoms with Crippen LogP contribution in [0.25, 0.3) is 0 Å². The standard InChI is InChI=1S/C14H15BrN4O4/c1-4-23-9-5-6-10(11(7-9)19(21)22)16-14(20)13-12(15)8(2)17-18(13)3/h5-7H,4H2,1-3H3,(H,16,20). The fraction of sp³-hybridized carbons (Fsp3) is 0.286. The number of rotatable bonds is 5. The summed E-state index contributed by atoms with van der Waals surface area (Å²) in [5.74, 6) is -0.123.